The van der Waals surface area contributed by atoms with Gasteiger partial charge in [0.15, 0.2) is 5.96 Å². The third kappa shape index (κ3) is 8.33. The monoisotopic (exact) mass is 346 g/mol. The second-order valence-electron chi connectivity index (χ2n) is 5.33. The molecule has 0 radical (unpaired) electrons. The first kappa shape index (κ1) is 18.9. The maximum atomic E-state index is 11.2. The molecule has 0 aliphatic rings. The molecule has 1 atom stereocenters. The average molecular weight is 347 g/mol. The van der Waals surface area contributed by atoms with Crippen molar-refractivity contribution >= 4 is 27.1 Å². The summed E-state index contributed by atoms with van der Waals surface area (Å²) >= 11 is 1.65. The van der Waals surface area contributed by atoms with E-state index in [1.165, 1.54) is 6.26 Å². The lowest BCUT2D eigenvalue weighted by atomic mass is 10.3. The van der Waals surface area contributed by atoms with Crippen LogP contribution in [0.4, 0.5) is 0 Å². The molecule has 0 saturated carbocycles. The minimum atomic E-state index is -2.93. The van der Waals surface area contributed by atoms with Crippen LogP contribution in [0, 0.1) is 6.92 Å². The number of guanidine groups is 1. The molecular formula is C14H26N4O2S2. The van der Waals surface area contributed by atoms with Gasteiger partial charge in [0.05, 0.1) is 16.5 Å². The number of aromatic nitrogens is 1. The van der Waals surface area contributed by atoms with E-state index in [1.807, 2.05) is 20.8 Å². The Hall–Kier alpha value is -1.15. The first-order valence-corrected chi connectivity index (χ1v) is 10.4. The van der Waals surface area contributed by atoms with Gasteiger partial charge in [0.2, 0.25) is 0 Å². The average Bonchev–Trinajstić information content (AvgIpc) is 2.81. The Morgan fingerprint density at radius 2 is 2.23 bits per heavy atom. The Kier molecular flexibility index (Phi) is 7.81. The van der Waals surface area contributed by atoms with E-state index in [2.05, 4.69) is 26.0 Å². The molecule has 6 nitrogen and oxygen atoms in total. The number of thiazole rings is 1. The third-order valence-corrected chi connectivity index (χ3v) is 4.75. The van der Waals surface area contributed by atoms with E-state index in [4.69, 9.17) is 0 Å². The van der Waals surface area contributed by atoms with Crippen LogP contribution in [-0.2, 0) is 16.3 Å². The smallest absolute Gasteiger partial charge is 0.191 e. The lowest BCUT2D eigenvalue weighted by Gasteiger charge is -2.17. The van der Waals surface area contributed by atoms with Crippen LogP contribution < -0.4 is 10.6 Å². The molecule has 1 unspecified atom stereocenters. The molecule has 1 aromatic heterocycles. The molecule has 8 heteroatoms. The van der Waals surface area contributed by atoms with Gasteiger partial charge in [-0.15, -0.1) is 11.3 Å². The highest BCUT2D eigenvalue weighted by atomic mass is 32.2. The molecule has 0 aliphatic carbocycles. The fraction of sp³-hybridized carbons (Fsp3) is 0.714. The molecule has 0 aliphatic heterocycles. The Bertz CT molecular complexity index is 581. The van der Waals surface area contributed by atoms with Crippen LogP contribution in [0.1, 0.15) is 31.0 Å². The minimum Gasteiger partial charge on any atom is -0.357 e. The SMILES string of the molecule is CCNC(=NCCc1csc(C)n1)NC(C)CCS(C)(=O)=O. The summed E-state index contributed by atoms with van der Waals surface area (Å²) < 4.78 is 22.4. The van der Waals surface area contributed by atoms with Crippen molar-refractivity contribution in [2.45, 2.75) is 39.7 Å². The van der Waals surface area contributed by atoms with E-state index < -0.39 is 9.84 Å². The Morgan fingerprint density at radius 1 is 1.50 bits per heavy atom. The summed E-state index contributed by atoms with van der Waals surface area (Å²) in [5, 5.41) is 9.54. The van der Waals surface area contributed by atoms with Crippen LogP contribution in [0.2, 0.25) is 0 Å². The second-order valence-corrected chi connectivity index (χ2v) is 8.65. The number of aryl methyl sites for hydroxylation is 1. The van der Waals surface area contributed by atoms with Gasteiger partial charge in [0.25, 0.3) is 0 Å². The van der Waals surface area contributed by atoms with Crippen molar-refractivity contribution in [3.05, 3.63) is 16.1 Å². The van der Waals surface area contributed by atoms with Crippen LogP contribution in [0.25, 0.3) is 0 Å². The van der Waals surface area contributed by atoms with E-state index in [0.717, 1.165) is 29.6 Å². The van der Waals surface area contributed by atoms with Crippen molar-refractivity contribution in [1.29, 1.82) is 0 Å². The molecule has 0 fully saturated rings. The zero-order chi connectivity index (χ0) is 16.6. The van der Waals surface area contributed by atoms with E-state index in [1.54, 1.807) is 11.3 Å². The molecular weight excluding hydrogens is 320 g/mol. The molecule has 1 rings (SSSR count). The largest absolute Gasteiger partial charge is 0.357 e. The molecule has 0 bridgehead atoms. The summed E-state index contributed by atoms with van der Waals surface area (Å²) in [4.78, 5) is 8.92. The predicted molar refractivity (Wildman–Crippen MR) is 93.5 cm³/mol. The van der Waals surface area contributed by atoms with Gasteiger partial charge >= 0.3 is 0 Å². The first-order chi connectivity index (χ1) is 10.3. The summed E-state index contributed by atoms with van der Waals surface area (Å²) in [5.41, 5.74) is 1.06. The summed E-state index contributed by atoms with van der Waals surface area (Å²) in [7, 11) is -2.93. The standard InChI is InChI=1S/C14H26N4O2S2/c1-5-15-14(17-11(2)7-9-22(4,19)20)16-8-6-13-10-21-12(3)18-13/h10-11H,5-9H2,1-4H3,(H2,15,16,17). The van der Waals surface area contributed by atoms with Crippen LogP contribution in [0.15, 0.2) is 10.4 Å². The van der Waals surface area contributed by atoms with Gasteiger partial charge in [-0.3, -0.25) is 4.99 Å². The number of rotatable bonds is 8. The molecule has 22 heavy (non-hydrogen) atoms. The fourth-order valence-corrected chi connectivity index (χ4v) is 3.25. The summed E-state index contributed by atoms with van der Waals surface area (Å²) in [6.45, 7) is 7.37. The number of hydrogen-bond acceptors (Lipinski definition) is 5. The highest BCUT2D eigenvalue weighted by Gasteiger charge is 2.09. The van der Waals surface area contributed by atoms with Gasteiger partial charge in [-0.25, -0.2) is 13.4 Å². The molecule has 0 amide bonds. The molecule has 126 valence electrons. The maximum absolute atomic E-state index is 11.2. The molecule has 1 aromatic rings. The predicted octanol–water partition coefficient (Wildman–Crippen LogP) is 1.37. The lowest BCUT2D eigenvalue weighted by molar-refractivity contribution is 0.581. The number of nitrogens with zero attached hydrogens (tertiary/aromatic N) is 2. The zero-order valence-electron chi connectivity index (χ0n) is 13.7. The number of nitrogens with one attached hydrogen (secondary N) is 2. The van der Waals surface area contributed by atoms with E-state index in [-0.39, 0.29) is 11.8 Å². The topological polar surface area (TPSA) is 83.4 Å². The molecule has 1 heterocycles. The fourth-order valence-electron chi connectivity index (χ4n) is 1.82. The number of sulfone groups is 1. The van der Waals surface area contributed by atoms with E-state index in [0.29, 0.717) is 13.0 Å². The molecule has 0 spiro atoms. The first-order valence-electron chi connectivity index (χ1n) is 7.43. The highest BCUT2D eigenvalue weighted by Crippen LogP contribution is 2.08. The van der Waals surface area contributed by atoms with Crippen molar-refractivity contribution in [2.24, 2.45) is 4.99 Å². The Balaban J connectivity index is 2.47. The quantitative estimate of drug-likeness (QED) is 0.549. The Morgan fingerprint density at radius 3 is 2.77 bits per heavy atom. The summed E-state index contributed by atoms with van der Waals surface area (Å²) in [5.74, 6) is 0.897. The van der Waals surface area contributed by atoms with Gasteiger partial charge in [-0.05, 0) is 27.2 Å². The normalized spacial score (nSPS) is 13.9. The van der Waals surface area contributed by atoms with Crippen LogP contribution >= 0.6 is 11.3 Å². The van der Waals surface area contributed by atoms with Crippen LogP contribution in [-0.4, -0.2) is 50.5 Å². The van der Waals surface area contributed by atoms with Gasteiger partial charge in [0.1, 0.15) is 9.84 Å². The van der Waals surface area contributed by atoms with Crippen molar-refractivity contribution in [3.8, 4) is 0 Å². The molecule has 0 saturated heterocycles. The van der Waals surface area contributed by atoms with E-state index in [9.17, 15) is 8.42 Å². The number of hydrogen-bond donors (Lipinski definition) is 2. The maximum Gasteiger partial charge on any atom is 0.191 e. The number of aliphatic imine (C=N–C) groups is 1. The van der Waals surface area contributed by atoms with Gasteiger partial charge in [-0.2, -0.15) is 0 Å². The van der Waals surface area contributed by atoms with E-state index >= 15 is 0 Å². The summed E-state index contributed by atoms with van der Waals surface area (Å²) in [6, 6.07) is 0.0500. The van der Waals surface area contributed by atoms with Crippen molar-refractivity contribution in [3.63, 3.8) is 0 Å². The van der Waals surface area contributed by atoms with Crippen LogP contribution in [0.3, 0.4) is 0 Å². The molecule has 0 aromatic carbocycles. The third-order valence-electron chi connectivity index (χ3n) is 2.95. The van der Waals surface area contributed by atoms with Crippen molar-refractivity contribution in [1.82, 2.24) is 15.6 Å². The lowest BCUT2D eigenvalue weighted by Crippen LogP contribution is -2.43. The van der Waals surface area contributed by atoms with Crippen molar-refractivity contribution < 1.29 is 8.42 Å². The summed E-state index contributed by atoms with van der Waals surface area (Å²) in [6.07, 6.45) is 2.63. The van der Waals surface area contributed by atoms with Crippen molar-refractivity contribution in [2.75, 3.05) is 25.1 Å². The molecule has 2 N–H and O–H groups in total. The second kappa shape index (κ2) is 9.09. The zero-order valence-corrected chi connectivity index (χ0v) is 15.4. The van der Waals surface area contributed by atoms with Crippen LogP contribution in [0.5, 0.6) is 0 Å². The highest BCUT2D eigenvalue weighted by molar-refractivity contribution is 7.90. The minimum absolute atomic E-state index is 0.0500. The van der Waals surface area contributed by atoms with Gasteiger partial charge in [-0.1, -0.05) is 0 Å². The Labute approximate surface area is 137 Å². The van der Waals surface area contributed by atoms with Gasteiger partial charge in [0, 0.05) is 37.2 Å². The van der Waals surface area contributed by atoms with Gasteiger partial charge < -0.3 is 10.6 Å².